The summed E-state index contributed by atoms with van der Waals surface area (Å²) < 4.78 is 14.2. The Labute approximate surface area is 275 Å². The quantitative estimate of drug-likeness (QED) is 0.166. The van der Waals surface area contributed by atoms with E-state index in [4.69, 9.17) is 14.5 Å². The van der Waals surface area contributed by atoms with Crippen LogP contribution in [0.5, 0.6) is 11.5 Å². The van der Waals surface area contributed by atoms with E-state index < -0.39 is 0 Å². The average molecular weight is 662 g/mol. The van der Waals surface area contributed by atoms with Gasteiger partial charge in [0, 0.05) is 26.5 Å². The molecule has 1 heterocycles. The van der Waals surface area contributed by atoms with Crippen molar-refractivity contribution < 1.29 is 9.47 Å². The molecular formula is C41H29BrN2O2. The smallest absolute Gasteiger partial charge is 0.145 e. The molecule has 0 radical (unpaired) electrons. The number of benzene rings is 7. The number of hydrogen-bond donors (Lipinski definition) is 0. The molecule has 0 saturated heterocycles. The summed E-state index contributed by atoms with van der Waals surface area (Å²) in [4.78, 5) is 5.41. The van der Waals surface area contributed by atoms with Crippen molar-refractivity contribution in [1.82, 2.24) is 9.55 Å². The lowest BCUT2D eigenvalue weighted by atomic mass is 9.93. The molecule has 0 bridgehead atoms. The number of hydrogen-bond acceptors (Lipinski definition) is 3. The van der Waals surface area contributed by atoms with Crippen LogP contribution in [0.25, 0.3) is 71.9 Å². The van der Waals surface area contributed by atoms with Gasteiger partial charge in [0.25, 0.3) is 0 Å². The number of ether oxygens (including phenoxy) is 2. The van der Waals surface area contributed by atoms with E-state index in [9.17, 15) is 0 Å². The summed E-state index contributed by atoms with van der Waals surface area (Å²) in [5, 5.41) is 4.59. The van der Waals surface area contributed by atoms with Gasteiger partial charge in [-0.3, -0.25) is 4.57 Å². The molecule has 0 aliphatic carbocycles. The highest BCUT2D eigenvalue weighted by atomic mass is 79.9. The molecule has 0 amide bonds. The monoisotopic (exact) mass is 660 g/mol. The molecule has 4 nitrogen and oxygen atoms in total. The molecule has 0 spiro atoms. The van der Waals surface area contributed by atoms with E-state index in [0.29, 0.717) is 0 Å². The number of para-hydroxylation sites is 1. The zero-order chi connectivity index (χ0) is 31.2. The molecule has 0 unspecified atom stereocenters. The van der Waals surface area contributed by atoms with Crippen LogP contribution in [0.2, 0.25) is 0 Å². The van der Waals surface area contributed by atoms with Gasteiger partial charge >= 0.3 is 0 Å². The van der Waals surface area contributed by atoms with Gasteiger partial charge in [-0.2, -0.15) is 0 Å². The second-order valence-corrected chi connectivity index (χ2v) is 12.2. The van der Waals surface area contributed by atoms with Gasteiger partial charge in [0.2, 0.25) is 0 Å². The maximum Gasteiger partial charge on any atom is 0.145 e. The van der Waals surface area contributed by atoms with Crippen molar-refractivity contribution in [3.8, 4) is 50.8 Å². The Hall–Kier alpha value is -5.39. The highest BCUT2D eigenvalue weighted by Gasteiger charge is 2.21. The van der Waals surface area contributed by atoms with Crippen LogP contribution in [0.4, 0.5) is 0 Å². The summed E-state index contributed by atoms with van der Waals surface area (Å²) in [6.07, 6.45) is 0. The Kier molecular flexibility index (Phi) is 7.04. The van der Waals surface area contributed by atoms with E-state index in [-0.39, 0.29) is 0 Å². The predicted octanol–water partition coefficient (Wildman–Crippen LogP) is 11.1. The van der Waals surface area contributed by atoms with Crippen LogP contribution in [-0.4, -0.2) is 23.8 Å². The van der Waals surface area contributed by atoms with E-state index >= 15 is 0 Å². The molecule has 5 heteroatoms. The lowest BCUT2D eigenvalue weighted by Gasteiger charge is -2.14. The third-order valence-electron chi connectivity index (χ3n) is 8.68. The van der Waals surface area contributed by atoms with Crippen molar-refractivity contribution in [2.75, 3.05) is 14.2 Å². The van der Waals surface area contributed by atoms with Gasteiger partial charge in [0.1, 0.15) is 17.3 Å². The number of aromatic nitrogens is 2. The topological polar surface area (TPSA) is 36.3 Å². The van der Waals surface area contributed by atoms with E-state index in [1.54, 1.807) is 14.2 Å². The highest BCUT2D eigenvalue weighted by molar-refractivity contribution is 9.10. The Bertz CT molecular complexity index is 2360. The molecule has 8 aromatic rings. The molecule has 1 aromatic heterocycles. The predicted molar refractivity (Wildman–Crippen MR) is 193 cm³/mol. The fourth-order valence-electron chi connectivity index (χ4n) is 6.35. The number of imidazole rings is 1. The van der Waals surface area contributed by atoms with Crippen molar-refractivity contribution in [3.05, 3.63) is 144 Å². The number of methoxy groups -OCH3 is 2. The molecule has 46 heavy (non-hydrogen) atoms. The van der Waals surface area contributed by atoms with Crippen LogP contribution in [-0.2, 0) is 0 Å². The van der Waals surface area contributed by atoms with Crippen LogP contribution < -0.4 is 9.47 Å². The Morgan fingerprint density at radius 3 is 1.57 bits per heavy atom. The van der Waals surface area contributed by atoms with Gasteiger partial charge in [-0.1, -0.05) is 94.8 Å². The number of nitrogens with zero attached hydrogens (tertiary/aromatic N) is 2. The summed E-state index contributed by atoms with van der Waals surface area (Å²) in [6, 6.07) is 48.9. The van der Waals surface area contributed by atoms with E-state index in [2.05, 4.69) is 136 Å². The number of fused-ring (bicyclic) bond motifs is 6. The van der Waals surface area contributed by atoms with Crippen molar-refractivity contribution in [2.24, 2.45) is 0 Å². The second-order valence-electron chi connectivity index (χ2n) is 11.3. The van der Waals surface area contributed by atoms with E-state index in [1.165, 1.54) is 5.39 Å². The molecule has 0 fully saturated rings. The molecule has 8 rings (SSSR count). The Morgan fingerprint density at radius 1 is 0.500 bits per heavy atom. The first-order chi connectivity index (χ1) is 22.6. The van der Waals surface area contributed by atoms with Crippen LogP contribution in [0.1, 0.15) is 0 Å². The first kappa shape index (κ1) is 28.1. The Balaban J connectivity index is 1.48. The number of rotatable bonds is 6. The maximum absolute atomic E-state index is 5.43. The maximum atomic E-state index is 5.43. The summed E-state index contributed by atoms with van der Waals surface area (Å²) >= 11 is 3.61. The molecular weight excluding hydrogens is 632 g/mol. The standard InChI is InChI=1S/C41H29BrN2O2/c1-45-33-18-10-26(11-19-33)29-14-22-35-37(24-29)38-25-30(27-12-20-34(46-2)21-13-27)15-23-36(38)40-39(35)43-41(28-8-16-31(42)17-9-28)44(40)32-6-4-3-5-7-32/h3-25H,1-2H3. The fourth-order valence-corrected chi connectivity index (χ4v) is 6.62. The van der Waals surface area contributed by atoms with Crippen molar-refractivity contribution in [2.45, 2.75) is 0 Å². The lowest BCUT2D eigenvalue weighted by molar-refractivity contribution is 0.415. The molecule has 0 atom stereocenters. The molecule has 222 valence electrons. The van der Waals surface area contributed by atoms with E-state index in [0.717, 1.165) is 82.5 Å². The fraction of sp³-hybridized carbons (Fsp3) is 0.0488. The summed E-state index contributed by atoms with van der Waals surface area (Å²) in [6.45, 7) is 0. The average Bonchev–Trinajstić information content (AvgIpc) is 3.53. The third-order valence-corrected chi connectivity index (χ3v) is 9.21. The van der Waals surface area contributed by atoms with Gasteiger partial charge in [0.05, 0.1) is 25.3 Å². The summed E-state index contributed by atoms with van der Waals surface area (Å²) in [5.74, 6) is 2.58. The summed E-state index contributed by atoms with van der Waals surface area (Å²) in [5.41, 5.74) is 8.73. The van der Waals surface area contributed by atoms with Gasteiger partial charge in [-0.15, -0.1) is 0 Å². The zero-order valence-electron chi connectivity index (χ0n) is 25.4. The zero-order valence-corrected chi connectivity index (χ0v) is 27.0. The van der Waals surface area contributed by atoms with Crippen molar-refractivity contribution in [1.29, 1.82) is 0 Å². The number of halogens is 1. The molecule has 0 aliphatic rings. The third kappa shape index (κ3) is 4.81. The van der Waals surface area contributed by atoms with Gasteiger partial charge in [-0.05, 0) is 93.7 Å². The molecule has 0 N–H and O–H groups in total. The first-order valence-corrected chi connectivity index (χ1v) is 15.9. The lowest BCUT2D eigenvalue weighted by Crippen LogP contribution is -1.98. The summed E-state index contributed by atoms with van der Waals surface area (Å²) in [7, 11) is 3.39. The van der Waals surface area contributed by atoms with Crippen LogP contribution in [0.15, 0.2) is 144 Å². The Morgan fingerprint density at radius 2 is 1.00 bits per heavy atom. The van der Waals surface area contributed by atoms with Gasteiger partial charge in [-0.25, -0.2) is 4.98 Å². The van der Waals surface area contributed by atoms with Crippen LogP contribution >= 0.6 is 15.9 Å². The van der Waals surface area contributed by atoms with Crippen molar-refractivity contribution >= 4 is 48.5 Å². The van der Waals surface area contributed by atoms with Crippen LogP contribution in [0.3, 0.4) is 0 Å². The minimum atomic E-state index is 0.841. The van der Waals surface area contributed by atoms with E-state index in [1.807, 2.05) is 24.3 Å². The van der Waals surface area contributed by atoms with Crippen LogP contribution in [0, 0.1) is 0 Å². The molecule has 0 aliphatic heterocycles. The van der Waals surface area contributed by atoms with Crippen molar-refractivity contribution in [3.63, 3.8) is 0 Å². The normalized spacial score (nSPS) is 11.4. The van der Waals surface area contributed by atoms with Gasteiger partial charge in [0.15, 0.2) is 0 Å². The minimum Gasteiger partial charge on any atom is -0.497 e. The molecule has 7 aromatic carbocycles. The minimum absolute atomic E-state index is 0.841. The first-order valence-electron chi connectivity index (χ1n) is 15.1. The second kappa shape index (κ2) is 11.5. The SMILES string of the molecule is COc1ccc(-c2ccc3c(c2)c2cc(-c4ccc(OC)cc4)ccc2c2c3nc(-c3ccc(Br)cc3)n2-c2ccccc2)cc1. The highest BCUT2D eigenvalue weighted by Crippen LogP contribution is 2.42. The van der Waals surface area contributed by atoms with Gasteiger partial charge < -0.3 is 9.47 Å². The largest absolute Gasteiger partial charge is 0.497 e. The molecule has 0 saturated carbocycles.